The van der Waals surface area contributed by atoms with E-state index in [1.165, 1.54) is 55.7 Å². The largest absolute Gasteiger partial charge is 0.384 e. The molecule has 0 unspecified atom stereocenters. The van der Waals surface area contributed by atoms with Crippen LogP contribution in [0.1, 0.15) is 29.5 Å². The third kappa shape index (κ3) is 3.62. The van der Waals surface area contributed by atoms with Crippen molar-refractivity contribution in [3.8, 4) is 0 Å². The first kappa shape index (κ1) is 16.9. The molecule has 1 aromatic rings. The lowest BCUT2D eigenvalue weighted by atomic mass is 9.71. The highest BCUT2D eigenvalue weighted by atomic mass is 16.5. The Morgan fingerprint density at radius 2 is 1.96 bits per heavy atom. The molecule has 1 aromatic carbocycles. The van der Waals surface area contributed by atoms with Crippen LogP contribution in [0.15, 0.2) is 18.2 Å². The molecule has 3 heteroatoms. The van der Waals surface area contributed by atoms with Crippen molar-refractivity contribution in [3.05, 3.63) is 34.9 Å². The molecule has 3 nitrogen and oxygen atoms in total. The van der Waals surface area contributed by atoms with Gasteiger partial charge < -0.3 is 9.64 Å². The summed E-state index contributed by atoms with van der Waals surface area (Å²) in [6, 6.07) is 6.83. The van der Waals surface area contributed by atoms with E-state index < -0.39 is 0 Å². The highest BCUT2D eigenvalue weighted by Gasteiger charge is 2.46. The van der Waals surface area contributed by atoms with Gasteiger partial charge in [-0.05, 0) is 63.4 Å². The quantitative estimate of drug-likeness (QED) is 0.849. The number of nitrogens with zero attached hydrogens (tertiary/aromatic N) is 2. The van der Waals surface area contributed by atoms with Crippen LogP contribution in [0.25, 0.3) is 0 Å². The van der Waals surface area contributed by atoms with Crippen LogP contribution in [0.5, 0.6) is 0 Å². The standard InChI is InChI=1S/C20H32N2O/c1-16-5-6-17(2)18(11-16)12-22-9-7-20(8-10-22)15-21(3)13-19(20)14-23-4/h5-6,11,19H,7-10,12-15H2,1-4H3/t19-/m1/s1. The summed E-state index contributed by atoms with van der Waals surface area (Å²) in [5.74, 6) is 0.709. The van der Waals surface area contributed by atoms with Crippen molar-refractivity contribution < 1.29 is 4.74 Å². The van der Waals surface area contributed by atoms with E-state index in [1.54, 1.807) is 0 Å². The number of benzene rings is 1. The third-order valence-electron chi connectivity index (χ3n) is 6.10. The Kier molecular flexibility index (Phi) is 5.10. The summed E-state index contributed by atoms with van der Waals surface area (Å²) in [5.41, 5.74) is 4.78. The van der Waals surface area contributed by atoms with Crippen molar-refractivity contribution in [2.24, 2.45) is 11.3 Å². The van der Waals surface area contributed by atoms with E-state index in [0.717, 1.165) is 13.2 Å². The van der Waals surface area contributed by atoms with Crippen LogP contribution in [0.2, 0.25) is 0 Å². The van der Waals surface area contributed by atoms with Crippen molar-refractivity contribution >= 4 is 0 Å². The zero-order chi connectivity index (χ0) is 16.4. The van der Waals surface area contributed by atoms with Gasteiger partial charge in [0.05, 0.1) is 6.61 Å². The van der Waals surface area contributed by atoms with Gasteiger partial charge in [0.2, 0.25) is 0 Å². The molecular weight excluding hydrogens is 284 g/mol. The van der Waals surface area contributed by atoms with Crippen molar-refractivity contribution in [2.45, 2.75) is 33.2 Å². The van der Waals surface area contributed by atoms with E-state index in [1.807, 2.05) is 7.11 Å². The molecule has 0 bridgehead atoms. The molecule has 128 valence electrons. The average molecular weight is 316 g/mol. The Balaban J connectivity index is 1.63. The summed E-state index contributed by atoms with van der Waals surface area (Å²) in [6.07, 6.45) is 2.63. The van der Waals surface area contributed by atoms with Gasteiger partial charge in [0.15, 0.2) is 0 Å². The van der Waals surface area contributed by atoms with E-state index in [0.29, 0.717) is 11.3 Å². The summed E-state index contributed by atoms with van der Waals surface area (Å²) in [4.78, 5) is 5.15. The number of methoxy groups -OCH3 is 1. The zero-order valence-electron chi connectivity index (χ0n) is 15.3. The van der Waals surface area contributed by atoms with Crippen LogP contribution in [0, 0.1) is 25.2 Å². The van der Waals surface area contributed by atoms with Crippen LogP contribution in [-0.2, 0) is 11.3 Å². The average Bonchev–Trinajstić information content (AvgIpc) is 2.81. The van der Waals surface area contributed by atoms with Gasteiger partial charge in [0.1, 0.15) is 0 Å². The smallest absolute Gasteiger partial charge is 0.0508 e. The Bertz CT molecular complexity index is 534. The molecule has 2 heterocycles. The fraction of sp³-hybridized carbons (Fsp3) is 0.700. The minimum atomic E-state index is 0.489. The van der Waals surface area contributed by atoms with Crippen molar-refractivity contribution in [2.75, 3.05) is 46.9 Å². The number of hydrogen-bond donors (Lipinski definition) is 0. The molecule has 0 N–H and O–H groups in total. The van der Waals surface area contributed by atoms with Gasteiger partial charge in [-0.3, -0.25) is 4.90 Å². The van der Waals surface area contributed by atoms with Crippen molar-refractivity contribution in [1.82, 2.24) is 9.80 Å². The second-order valence-corrected chi connectivity index (χ2v) is 7.92. The van der Waals surface area contributed by atoms with Crippen molar-refractivity contribution in [3.63, 3.8) is 0 Å². The van der Waals surface area contributed by atoms with Gasteiger partial charge in [-0.25, -0.2) is 0 Å². The van der Waals surface area contributed by atoms with Crippen LogP contribution in [0.4, 0.5) is 0 Å². The zero-order valence-corrected chi connectivity index (χ0v) is 15.3. The topological polar surface area (TPSA) is 15.7 Å². The van der Waals surface area contributed by atoms with Crippen LogP contribution < -0.4 is 0 Å². The second-order valence-electron chi connectivity index (χ2n) is 7.92. The Hall–Kier alpha value is -0.900. The first-order valence-corrected chi connectivity index (χ1v) is 8.98. The van der Waals surface area contributed by atoms with Gasteiger partial charge in [0, 0.05) is 32.7 Å². The van der Waals surface area contributed by atoms with Gasteiger partial charge in [0.25, 0.3) is 0 Å². The normalized spacial score (nSPS) is 25.3. The molecule has 1 atom stereocenters. The summed E-state index contributed by atoms with van der Waals surface area (Å²) < 4.78 is 5.51. The van der Waals surface area contributed by atoms with Crippen molar-refractivity contribution in [1.29, 1.82) is 0 Å². The molecule has 0 saturated carbocycles. The Morgan fingerprint density at radius 3 is 2.65 bits per heavy atom. The monoisotopic (exact) mass is 316 g/mol. The first-order chi connectivity index (χ1) is 11.0. The minimum Gasteiger partial charge on any atom is -0.384 e. The highest BCUT2D eigenvalue weighted by molar-refractivity contribution is 5.30. The lowest BCUT2D eigenvalue weighted by Gasteiger charge is -2.42. The maximum atomic E-state index is 5.51. The molecule has 0 aliphatic carbocycles. The number of rotatable bonds is 4. The minimum absolute atomic E-state index is 0.489. The molecule has 1 spiro atoms. The fourth-order valence-corrected chi connectivity index (χ4v) is 4.67. The predicted octanol–water partition coefficient (Wildman–Crippen LogP) is 3.09. The lowest BCUT2D eigenvalue weighted by molar-refractivity contribution is 0.0353. The second kappa shape index (κ2) is 6.92. The SMILES string of the molecule is COC[C@H]1CN(C)CC12CCN(Cc1cc(C)ccc1C)CC2. The molecule has 2 saturated heterocycles. The molecular formula is C20H32N2O. The van der Waals surface area contributed by atoms with E-state index in [9.17, 15) is 0 Å². The van der Waals surface area contributed by atoms with Gasteiger partial charge >= 0.3 is 0 Å². The van der Waals surface area contributed by atoms with Gasteiger partial charge in [-0.1, -0.05) is 23.8 Å². The highest BCUT2D eigenvalue weighted by Crippen LogP contribution is 2.44. The van der Waals surface area contributed by atoms with Crippen LogP contribution >= 0.6 is 0 Å². The maximum absolute atomic E-state index is 5.51. The van der Waals surface area contributed by atoms with E-state index >= 15 is 0 Å². The molecule has 2 aliphatic rings. The number of ether oxygens (including phenoxy) is 1. The molecule has 0 radical (unpaired) electrons. The summed E-state index contributed by atoms with van der Waals surface area (Å²) in [5, 5.41) is 0. The maximum Gasteiger partial charge on any atom is 0.0508 e. The predicted molar refractivity (Wildman–Crippen MR) is 95.7 cm³/mol. The molecule has 0 aromatic heterocycles. The summed E-state index contributed by atoms with van der Waals surface area (Å²) in [6.45, 7) is 11.3. The molecule has 2 fully saturated rings. The van der Waals surface area contributed by atoms with E-state index in [-0.39, 0.29) is 0 Å². The number of aryl methyl sites for hydroxylation is 2. The van der Waals surface area contributed by atoms with Crippen LogP contribution in [-0.4, -0.2) is 56.7 Å². The van der Waals surface area contributed by atoms with Gasteiger partial charge in [-0.2, -0.15) is 0 Å². The number of hydrogen-bond acceptors (Lipinski definition) is 3. The van der Waals surface area contributed by atoms with Crippen LogP contribution in [0.3, 0.4) is 0 Å². The van der Waals surface area contributed by atoms with Gasteiger partial charge in [-0.15, -0.1) is 0 Å². The fourth-order valence-electron chi connectivity index (χ4n) is 4.67. The van der Waals surface area contributed by atoms with E-state index in [2.05, 4.69) is 48.9 Å². The molecule has 3 rings (SSSR count). The molecule has 0 amide bonds. The molecule has 23 heavy (non-hydrogen) atoms. The molecule has 2 aliphatic heterocycles. The van der Waals surface area contributed by atoms with E-state index in [4.69, 9.17) is 4.74 Å². The lowest BCUT2D eigenvalue weighted by Crippen LogP contribution is -2.44. The third-order valence-corrected chi connectivity index (χ3v) is 6.10. The Labute approximate surface area is 141 Å². The number of likely N-dealkylation sites (tertiary alicyclic amines) is 2. The number of piperidine rings is 1. The first-order valence-electron chi connectivity index (χ1n) is 8.98. The summed E-state index contributed by atoms with van der Waals surface area (Å²) >= 11 is 0. The summed E-state index contributed by atoms with van der Waals surface area (Å²) in [7, 11) is 4.11. The Morgan fingerprint density at radius 1 is 1.22 bits per heavy atom.